The Balaban J connectivity index is 2.40. The first-order valence-electron chi connectivity index (χ1n) is 6.89. The van der Waals surface area contributed by atoms with E-state index in [0.29, 0.717) is 6.54 Å². The molecule has 3 N–H and O–H groups in total. The smallest absolute Gasteiger partial charge is 0.239 e. The molecule has 0 unspecified atom stereocenters. The van der Waals surface area contributed by atoms with Crippen molar-refractivity contribution in [3.8, 4) is 0 Å². The van der Waals surface area contributed by atoms with E-state index in [1.807, 2.05) is 37.1 Å². The van der Waals surface area contributed by atoms with E-state index < -0.39 is 6.04 Å². The number of aromatic amines is 1. The topological polar surface area (TPSA) is 75.0 Å². The van der Waals surface area contributed by atoms with Crippen LogP contribution in [0.2, 0.25) is 0 Å². The number of H-pyrrole nitrogens is 1. The molecule has 0 aliphatic rings. The van der Waals surface area contributed by atoms with E-state index in [1.165, 1.54) is 0 Å². The molecule has 108 valence electrons. The highest BCUT2D eigenvalue weighted by molar-refractivity contribution is 5.85. The van der Waals surface area contributed by atoms with Crippen LogP contribution < -0.4 is 5.73 Å². The minimum Gasteiger partial charge on any atom is -0.335 e. The summed E-state index contributed by atoms with van der Waals surface area (Å²) in [5, 5.41) is 8.11. The Hall–Kier alpha value is -1.88. The molecular weight excluding hydrogens is 252 g/mol. The van der Waals surface area contributed by atoms with Crippen molar-refractivity contribution in [2.45, 2.75) is 46.3 Å². The third-order valence-corrected chi connectivity index (χ3v) is 3.59. The highest BCUT2D eigenvalue weighted by atomic mass is 16.2. The second-order valence-corrected chi connectivity index (χ2v) is 5.54. The molecule has 1 aromatic heterocycles. The van der Waals surface area contributed by atoms with Crippen molar-refractivity contribution in [2.24, 2.45) is 5.73 Å². The maximum atomic E-state index is 12.3. The Morgan fingerprint density at radius 2 is 2.10 bits per heavy atom. The van der Waals surface area contributed by atoms with Crippen LogP contribution in [0.3, 0.4) is 0 Å². The standard InChI is InChI=1S/C15H22N4O/c1-9(2)19(15(20)11(4)16)8-13-10(3)5-6-14-12(13)7-17-18-14/h5-7,9,11H,8,16H2,1-4H3,(H,17,18)/t11-/m1/s1. The molecule has 0 fully saturated rings. The molecule has 5 heteroatoms. The second-order valence-electron chi connectivity index (χ2n) is 5.54. The molecule has 0 saturated carbocycles. The van der Waals surface area contributed by atoms with Gasteiger partial charge in [0.2, 0.25) is 5.91 Å². The molecule has 20 heavy (non-hydrogen) atoms. The van der Waals surface area contributed by atoms with Crippen molar-refractivity contribution in [3.63, 3.8) is 0 Å². The lowest BCUT2D eigenvalue weighted by molar-refractivity contribution is -0.134. The molecular formula is C15H22N4O. The fourth-order valence-corrected chi connectivity index (χ4v) is 2.34. The number of fused-ring (bicyclic) bond motifs is 1. The number of hydrogen-bond acceptors (Lipinski definition) is 3. The minimum absolute atomic E-state index is 0.0279. The van der Waals surface area contributed by atoms with Crippen LogP contribution in [-0.4, -0.2) is 33.1 Å². The summed E-state index contributed by atoms with van der Waals surface area (Å²) >= 11 is 0. The Bertz CT molecular complexity index is 615. The van der Waals surface area contributed by atoms with Gasteiger partial charge in [-0.05, 0) is 44.9 Å². The fourth-order valence-electron chi connectivity index (χ4n) is 2.34. The number of amides is 1. The first kappa shape index (κ1) is 14.5. The molecule has 2 aromatic rings. The molecule has 2 rings (SSSR count). The van der Waals surface area contributed by atoms with Crippen molar-refractivity contribution < 1.29 is 4.79 Å². The Kier molecular flexibility index (Phi) is 4.09. The van der Waals surface area contributed by atoms with Gasteiger partial charge in [-0.1, -0.05) is 6.07 Å². The number of rotatable bonds is 4. The maximum Gasteiger partial charge on any atom is 0.239 e. The lowest BCUT2D eigenvalue weighted by Crippen LogP contribution is -2.45. The summed E-state index contributed by atoms with van der Waals surface area (Å²) in [6.45, 7) is 8.34. The van der Waals surface area contributed by atoms with Gasteiger partial charge in [-0.25, -0.2) is 0 Å². The van der Waals surface area contributed by atoms with Crippen molar-refractivity contribution in [3.05, 3.63) is 29.5 Å². The first-order chi connectivity index (χ1) is 9.41. The highest BCUT2D eigenvalue weighted by Gasteiger charge is 2.22. The number of benzene rings is 1. The number of carbonyl (C=O) groups is 1. The van der Waals surface area contributed by atoms with Crippen LogP contribution in [0.25, 0.3) is 10.9 Å². The van der Waals surface area contributed by atoms with E-state index in [4.69, 9.17) is 5.73 Å². The predicted molar refractivity (Wildman–Crippen MR) is 80.2 cm³/mol. The number of nitrogens with one attached hydrogen (secondary N) is 1. The monoisotopic (exact) mass is 274 g/mol. The Morgan fingerprint density at radius 1 is 1.40 bits per heavy atom. The molecule has 0 radical (unpaired) electrons. The molecule has 5 nitrogen and oxygen atoms in total. The third kappa shape index (κ3) is 2.67. The molecule has 1 amide bonds. The van der Waals surface area contributed by atoms with Gasteiger partial charge in [0.05, 0.1) is 17.8 Å². The summed E-state index contributed by atoms with van der Waals surface area (Å²) < 4.78 is 0. The Morgan fingerprint density at radius 3 is 2.70 bits per heavy atom. The van der Waals surface area contributed by atoms with E-state index in [0.717, 1.165) is 22.0 Å². The molecule has 1 heterocycles. The van der Waals surface area contributed by atoms with Crippen LogP contribution in [0.15, 0.2) is 18.3 Å². The van der Waals surface area contributed by atoms with E-state index in [-0.39, 0.29) is 11.9 Å². The normalized spacial score (nSPS) is 12.9. The second kappa shape index (κ2) is 5.63. The van der Waals surface area contributed by atoms with E-state index in [1.54, 1.807) is 6.92 Å². The van der Waals surface area contributed by atoms with Crippen molar-refractivity contribution in [1.82, 2.24) is 15.1 Å². The van der Waals surface area contributed by atoms with Gasteiger partial charge >= 0.3 is 0 Å². The number of aromatic nitrogens is 2. The van der Waals surface area contributed by atoms with Crippen molar-refractivity contribution in [2.75, 3.05) is 0 Å². The van der Waals surface area contributed by atoms with Gasteiger partial charge in [0.1, 0.15) is 0 Å². The number of nitrogens with two attached hydrogens (primary N) is 1. The van der Waals surface area contributed by atoms with Gasteiger partial charge in [0, 0.05) is 18.0 Å². The largest absolute Gasteiger partial charge is 0.335 e. The van der Waals surface area contributed by atoms with Gasteiger partial charge in [-0.2, -0.15) is 5.10 Å². The van der Waals surface area contributed by atoms with Crippen LogP contribution in [0.5, 0.6) is 0 Å². The average Bonchev–Trinajstić information content (AvgIpc) is 2.84. The Labute approximate surface area is 119 Å². The molecule has 0 aliphatic heterocycles. The predicted octanol–water partition coefficient (Wildman–Crippen LogP) is 1.96. The fraction of sp³-hybridized carbons (Fsp3) is 0.467. The summed E-state index contributed by atoms with van der Waals surface area (Å²) in [5.41, 5.74) is 9.02. The van der Waals surface area contributed by atoms with Crippen LogP contribution >= 0.6 is 0 Å². The SMILES string of the molecule is Cc1ccc2[nH]ncc2c1CN(C(=O)[C@@H](C)N)C(C)C. The summed E-state index contributed by atoms with van der Waals surface area (Å²) in [4.78, 5) is 14.1. The first-order valence-corrected chi connectivity index (χ1v) is 6.89. The minimum atomic E-state index is -0.485. The van der Waals surface area contributed by atoms with Gasteiger partial charge in [-0.15, -0.1) is 0 Å². The summed E-state index contributed by atoms with van der Waals surface area (Å²) in [5.74, 6) is -0.0279. The van der Waals surface area contributed by atoms with E-state index in [9.17, 15) is 4.79 Å². The molecule has 1 atom stereocenters. The van der Waals surface area contributed by atoms with E-state index in [2.05, 4.69) is 17.1 Å². The highest BCUT2D eigenvalue weighted by Crippen LogP contribution is 2.23. The van der Waals surface area contributed by atoms with Crippen molar-refractivity contribution >= 4 is 16.8 Å². The molecule has 0 bridgehead atoms. The summed E-state index contributed by atoms with van der Waals surface area (Å²) in [7, 11) is 0. The molecule has 0 spiro atoms. The number of nitrogens with zero attached hydrogens (tertiary/aromatic N) is 2. The lowest BCUT2D eigenvalue weighted by atomic mass is 10.0. The number of aryl methyl sites for hydroxylation is 1. The quantitative estimate of drug-likeness (QED) is 0.895. The van der Waals surface area contributed by atoms with Crippen LogP contribution in [0.1, 0.15) is 31.9 Å². The van der Waals surface area contributed by atoms with Crippen LogP contribution in [0, 0.1) is 6.92 Å². The zero-order valence-electron chi connectivity index (χ0n) is 12.5. The van der Waals surface area contributed by atoms with Gasteiger partial charge in [0.25, 0.3) is 0 Å². The lowest BCUT2D eigenvalue weighted by Gasteiger charge is -2.29. The zero-order chi connectivity index (χ0) is 14.9. The summed E-state index contributed by atoms with van der Waals surface area (Å²) in [6, 6.07) is 3.68. The zero-order valence-corrected chi connectivity index (χ0v) is 12.5. The van der Waals surface area contributed by atoms with Gasteiger partial charge in [0.15, 0.2) is 0 Å². The summed E-state index contributed by atoms with van der Waals surface area (Å²) in [6.07, 6.45) is 1.81. The van der Waals surface area contributed by atoms with Crippen LogP contribution in [-0.2, 0) is 11.3 Å². The van der Waals surface area contributed by atoms with Gasteiger partial charge in [-0.3, -0.25) is 9.89 Å². The number of hydrogen-bond donors (Lipinski definition) is 2. The third-order valence-electron chi connectivity index (χ3n) is 3.59. The molecule has 1 aromatic carbocycles. The van der Waals surface area contributed by atoms with Crippen molar-refractivity contribution in [1.29, 1.82) is 0 Å². The average molecular weight is 274 g/mol. The maximum absolute atomic E-state index is 12.3. The molecule has 0 aliphatic carbocycles. The van der Waals surface area contributed by atoms with Crippen LogP contribution in [0.4, 0.5) is 0 Å². The van der Waals surface area contributed by atoms with Gasteiger partial charge < -0.3 is 10.6 Å². The van der Waals surface area contributed by atoms with E-state index >= 15 is 0 Å². The number of carbonyl (C=O) groups excluding carboxylic acids is 1. The molecule has 0 saturated heterocycles.